The summed E-state index contributed by atoms with van der Waals surface area (Å²) in [6.07, 6.45) is 2.77. The Kier molecular flexibility index (Phi) is 1.73. The van der Waals surface area contributed by atoms with Crippen LogP contribution in [0.3, 0.4) is 0 Å². The van der Waals surface area contributed by atoms with Gasteiger partial charge in [-0.2, -0.15) is 5.10 Å². The van der Waals surface area contributed by atoms with Gasteiger partial charge < -0.3 is 4.74 Å². The summed E-state index contributed by atoms with van der Waals surface area (Å²) in [7, 11) is 1.69. The lowest BCUT2D eigenvalue weighted by molar-refractivity contribution is 0.377. The molecule has 1 saturated heterocycles. The predicted molar refractivity (Wildman–Crippen MR) is 41.8 cm³/mol. The first-order valence-electron chi connectivity index (χ1n) is 3.97. The second kappa shape index (κ2) is 2.75. The fourth-order valence-corrected chi connectivity index (χ4v) is 1.08. The number of nitrogens with zero attached hydrogens (tertiary/aromatic N) is 3. The summed E-state index contributed by atoms with van der Waals surface area (Å²) in [5.74, 6) is 0. The van der Waals surface area contributed by atoms with Gasteiger partial charge >= 0.3 is 5.69 Å². The average Bonchev–Trinajstić information content (AvgIpc) is 2.82. The summed E-state index contributed by atoms with van der Waals surface area (Å²) < 4.78 is 7.95. The van der Waals surface area contributed by atoms with Crippen molar-refractivity contribution in [3.63, 3.8) is 0 Å². The molecule has 5 heteroatoms. The van der Waals surface area contributed by atoms with Gasteiger partial charge in [0.15, 0.2) is 0 Å². The van der Waals surface area contributed by atoms with Gasteiger partial charge in [-0.25, -0.2) is 9.48 Å². The van der Waals surface area contributed by atoms with E-state index in [0.29, 0.717) is 12.6 Å². The highest BCUT2D eigenvalue weighted by Crippen LogP contribution is 2.13. The van der Waals surface area contributed by atoms with Gasteiger partial charge in [0.2, 0.25) is 0 Å². The quantitative estimate of drug-likeness (QED) is 0.566. The van der Waals surface area contributed by atoms with Crippen molar-refractivity contribution in [3.8, 4) is 0 Å². The molecular weight excluding hydrogens is 158 g/mol. The van der Waals surface area contributed by atoms with Crippen LogP contribution in [0.25, 0.3) is 0 Å². The minimum Gasteiger partial charge on any atom is -0.373 e. The van der Waals surface area contributed by atoms with Crippen molar-refractivity contribution in [1.29, 1.82) is 0 Å². The van der Waals surface area contributed by atoms with Crippen molar-refractivity contribution in [2.75, 3.05) is 6.61 Å². The van der Waals surface area contributed by atoms with Crippen LogP contribution in [-0.4, -0.2) is 27.1 Å². The van der Waals surface area contributed by atoms with Gasteiger partial charge in [0.05, 0.1) is 12.7 Å². The number of hydrogen-bond donors (Lipinski definition) is 0. The Morgan fingerprint density at radius 1 is 1.83 bits per heavy atom. The zero-order valence-corrected chi connectivity index (χ0v) is 6.93. The zero-order chi connectivity index (χ0) is 8.55. The molecule has 0 spiro atoms. The van der Waals surface area contributed by atoms with E-state index in [-0.39, 0.29) is 5.69 Å². The normalized spacial score (nSPS) is 21.2. The van der Waals surface area contributed by atoms with E-state index in [9.17, 15) is 4.79 Å². The fraction of sp³-hybridized carbons (Fsp3) is 0.714. The van der Waals surface area contributed by atoms with E-state index in [2.05, 4.69) is 5.10 Å². The van der Waals surface area contributed by atoms with Crippen LogP contribution in [0.5, 0.6) is 0 Å². The largest absolute Gasteiger partial charge is 0.373 e. The van der Waals surface area contributed by atoms with Gasteiger partial charge in [-0.1, -0.05) is 0 Å². The molecule has 0 bridgehead atoms. The Bertz CT molecular complexity index is 324. The van der Waals surface area contributed by atoms with Gasteiger partial charge in [0.1, 0.15) is 6.33 Å². The predicted octanol–water partition coefficient (Wildman–Crippen LogP) is -0.629. The third-order valence-electron chi connectivity index (χ3n) is 1.95. The molecule has 0 aromatic carbocycles. The van der Waals surface area contributed by atoms with Gasteiger partial charge in [-0.05, 0) is 6.42 Å². The van der Waals surface area contributed by atoms with E-state index in [1.807, 2.05) is 0 Å². The Morgan fingerprint density at radius 2 is 2.58 bits per heavy atom. The van der Waals surface area contributed by atoms with E-state index in [0.717, 1.165) is 13.0 Å². The molecule has 1 aliphatic rings. The van der Waals surface area contributed by atoms with Crippen molar-refractivity contribution >= 4 is 0 Å². The summed E-state index contributed by atoms with van der Waals surface area (Å²) in [6.45, 7) is 1.49. The smallest absolute Gasteiger partial charge is 0.345 e. The van der Waals surface area contributed by atoms with Crippen LogP contribution in [0.15, 0.2) is 11.1 Å². The molecule has 2 heterocycles. The SMILES string of the molecule is Cn1cnn(CCC2CO2)c1=O. The van der Waals surface area contributed by atoms with Crippen molar-refractivity contribution in [2.45, 2.75) is 19.1 Å². The molecule has 2 rings (SSSR count). The number of aryl methyl sites for hydroxylation is 2. The maximum Gasteiger partial charge on any atom is 0.345 e. The standard InChI is InChI=1S/C7H11N3O2/c1-9-5-8-10(7(9)11)3-2-6-4-12-6/h5-6H,2-4H2,1H3. The highest BCUT2D eigenvalue weighted by Gasteiger charge is 2.22. The Hall–Kier alpha value is -1.10. The summed E-state index contributed by atoms with van der Waals surface area (Å²) in [6, 6.07) is 0. The van der Waals surface area contributed by atoms with E-state index < -0.39 is 0 Å². The second-order valence-corrected chi connectivity index (χ2v) is 2.99. The first-order valence-corrected chi connectivity index (χ1v) is 3.97. The zero-order valence-electron chi connectivity index (χ0n) is 6.93. The molecule has 1 aromatic heterocycles. The Balaban J connectivity index is 2.01. The van der Waals surface area contributed by atoms with Gasteiger partial charge in [0, 0.05) is 13.6 Å². The monoisotopic (exact) mass is 169 g/mol. The van der Waals surface area contributed by atoms with Crippen LogP contribution < -0.4 is 5.69 Å². The summed E-state index contributed by atoms with van der Waals surface area (Å²) in [5.41, 5.74) is -0.0596. The van der Waals surface area contributed by atoms with E-state index >= 15 is 0 Å². The molecule has 0 N–H and O–H groups in total. The number of rotatable bonds is 3. The van der Waals surface area contributed by atoms with Crippen LogP contribution in [0.1, 0.15) is 6.42 Å². The molecule has 1 aromatic rings. The van der Waals surface area contributed by atoms with Gasteiger partial charge in [0.25, 0.3) is 0 Å². The van der Waals surface area contributed by atoms with Crippen LogP contribution in [-0.2, 0) is 18.3 Å². The van der Waals surface area contributed by atoms with E-state index in [4.69, 9.17) is 4.74 Å². The molecule has 0 aliphatic carbocycles. The maximum atomic E-state index is 11.2. The van der Waals surface area contributed by atoms with Crippen LogP contribution >= 0.6 is 0 Å². The number of ether oxygens (including phenoxy) is 1. The topological polar surface area (TPSA) is 52.4 Å². The lowest BCUT2D eigenvalue weighted by Crippen LogP contribution is -2.23. The van der Waals surface area contributed by atoms with Crippen molar-refractivity contribution in [2.24, 2.45) is 7.05 Å². The third kappa shape index (κ3) is 1.40. The van der Waals surface area contributed by atoms with Gasteiger partial charge in [-0.3, -0.25) is 4.57 Å². The number of epoxide rings is 1. The number of hydrogen-bond acceptors (Lipinski definition) is 3. The van der Waals surface area contributed by atoms with E-state index in [1.54, 1.807) is 7.05 Å². The molecule has 1 aliphatic heterocycles. The fourth-order valence-electron chi connectivity index (χ4n) is 1.08. The molecule has 1 unspecified atom stereocenters. The van der Waals surface area contributed by atoms with Crippen molar-refractivity contribution in [1.82, 2.24) is 14.3 Å². The Morgan fingerprint density at radius 3 is 3.08 bits per heavy atom. The molecule has 0 radical (unpaired) electrons. The Labute approximate surface area is 69.6 Å². The maximum absolute atomic E-state index is 11.2. The average molecular weight is 169 g/mol. The third-order valence-corrected chi connectivity index (χ3v) is 1.95. The minimum absolute atomic E-state index is 0.0596. The van der Waals surface area contributed by atoms with E-state index in [1.165, 1.54) is 15.6 Å². The van der Waals surface area contributed by atoms with Crippen LogP contribution in [0.4, 0.5) is 0 Å². The van der Waals surface area contributed by atoms with Crippen molar-refractivity contribution in [3.05, 3.63) is 16.8 Å². The molecule has 66 valence electrons. The second-order valence-electron chi connectivity index (χ2n) is 2.99. The number of aromatic nitrogens is 3. The lowest BCUT2D eigenvalue weighted by atomic mass is 10.3. The molecule has 1 fully saturated rings. The van der Waals surface area contributed by atoms with Crippen molar-refractivity contribution < 1.29 is 4.74 Å². The summed E-state index contributed by atoms with van der Waals surface area (Å²) in [5, 5.41) is 3.93. The minimum atomic E-state index is -0.0596. The molecule has 1 atom stereocenters. The summed E-state index contributed by atoms with van der Waals surface area (Å²) in [4.78, 5) is 11.2. The molecule has 5 nitrogen and oxygen atoms in total. The highest BCUT2D eigenvalue weighted by molar-refractivity contribution is 4.71. The molecule has 0 amide bonds. The first kappa shape index (κ1) is 7.54. The lowest BCUT2D eigenvalue weighted by Gasteiger charge is -1.94. The van der Waals surface area contributed by atoms with Gasteiger partial charge in [-0.15, -0.1) is 0 Å². The molecule has 0 saturated carbocycles. The van der Waals surface area contributed by atoms with Crippen LogP contribution in [0, 0.1) is 0 Å². The highest BCUT2D eigenvalue weighted by atomic mass is 16.6. The molecule has 12 heavy (non-hydrogen) atoms. The summed E-state index contributed by atoms with van der Waals surface area (Å²) >= 11 is 0. The molecular formula is C7H11N3O2. The first-order chi connectivity index (χ1) is 5.77. The van der Waals surface area contributed by atoms with Crippen LogP contribution in [0.2, 0.25) is 0 Å².